The Morgan fingerprint density at radius 3 is 1.50 bits per heavy atom. The predicted molar refractivity (Wildman–Crippen MR) is 56.1 cm³/mol. The molecule has 4 N–H and O–H groups in total. The third-order valence-electron chi connectivity index (χ3n) is 3.04. The van der Waals surface area contributed by atoms with Gasteiger partial charge >= 0.3 is 0 Å². The average molecular weight is 205 g/mol. The molecule has 0 heterocycles. The lowest BCUT2D eigenvalue weighted by atomic mass is 9.90. The van der Waals surface area contributed by atoms with Gasteiger partial charge in [0.1, 0.15) is 0 Å². The van der Waals surface area contributed by atoms with Crippen LogP contribution < -0.4 is 5.32 Å². The van der Waals surface area contributed by atoms with Gasteiger partial charge in [-0.2, -0.15) is 0 Å². The quantitative estimate of drug-likeness (QED) is 0.467. The molecule has 0 atom stereocenters. The van der Waals surface area contributed by atoms with Gasteiger partial charge in [0.05, 0.1) is 25.4 Å². The van der Waals surface area contributed by atoms with Crippen molar-refractivity contribution in [3.05, 3.63) is 0 Å². The minimum atomic E-state index is -0.971. The van der Waals surface area contributed by atoms with Crippen molar-refractivity contribution < 1.29 is 15.3 Å². The number of hydrogen-bond acceptors (Lipinski definition) is 4. The first kappa shape index (κ1) is 13.8. The third kappa shape index (κ3) is 3.20. The monoisotopic (exact) mass is 205 g/mol. The van der Waals surface area contributed by atoms with E-state index in [-0.39, 0.29) is 25.4 Å². The van der Waals surface area contributed by atoms with Crippen LogP contribution in [0.2, 0.25) is 0 Å². The third-order valence-corrected chi connectivity index (χ3v) is 3.04. The molecule has 0 spiro atoms. The maximum Gasteiger partial charge on any atom is 0.0885 e. The van der Waals surface area contributed by atoms with E-state index in [0.29, 0.717) is 0 Å². The van der Waals surface area contributed by atoms with Crippen LogP contribution in [-0.2, 0) is 0 Å². The fourth-order valence-corrected chi connectivity index (χ4v) is 1.34. The Morgan fingerprint density at radius 2 is 1.29 bits per heavy atom. The molecule has 0 aromatic rings. The largest absolute Gasteiger partial charge is 0.394 e. The van der Waals surface area contributed by atoms with E-state index >= 15 is 0 Å². The Balaban J connectivity index is 4.56. The molecule has 0 unspecified atom stereocenters. The maximum absolute atomic E-state index is 9.15. The van der Waals surface area contributed by atoms with Gasteiger partial charge in [-0.3, -0.25) is 0 Å². The zero-order valence-electron chi connectivity index (χ0n) is 9.38. The molecule has 4 nitrogen and oxygen atoms in total. The molecule has 0 rings (SSSR count). The Morgan fingerprint density at radius 1 is 0.929 bits per heavy atom. The van der Waals surface area contributed by atoms with E-state index < -0.39 is 5.54 Å². The highest BCUT2D eigenvalue weighted by molar-refractivity contribution is 4.94. The molecular weight excluding hydrogens is 182 g/mol. The lowest BCUT2D eigenvalue weighted by Crippen LogP contribution is -2.62. The van der Waals surface area contributed by atoms with Gasteiger partial charge in [-0.15, -0.1) is 0 Å². The summed E-state index contributed by atoms with van der Waals surface area (Å²) in [5, 5.41) is 30.6. The van der Waals surface area contributed by atoms with E-state index in [1.54, 1.807) is 0 Å². The highest BCUT2D eigenvalue weighted by Crippen LogP contribution is 2.18. The first-order valence-electron chi connectivity index (χ1n) is 5.13. The lowest BCUT2D eigenvalue weighted by molar-refractivity contribution is 0.0187. The van der Waals surface area contributed by atoms with Crippen molar-refractivity contribution in [2.45, 2.75) is 44.7 Å². The molecule has 0 aliphatic carbocycles. The summed E-state index contributed by atoms with van der Waals surface area (Å²) in [5.41, 5.74) is -1.13. The average Bonchev–Trinajstić information content (AvgIpc) is 2.26. The lowest BCUT2D eigenvalue weighted by Gasteiger charge is -2.40. The number of nitrogens with one attached hydrogen (secondary N) is 1. The van der Waals surface area contributed by atoms with Crippen molar-refractivity contribution in [2.75, 3.05) is 19.8 Å². The molecule has 14 heavy (non-hydrogen) atoms. The summed E-state index contributed by atoms with van der Waals surface area (Å²) in [6, 6.07) is 0. The Bertz CT molecular complexity index is 145. The summed E-state index contributed by atoms with van der Waals surface area (Å²) >= 11 is 0. The van der Waals surface area contributed by atoms with E-state index in [0.717, 1.165) is 12.8 Å². The molecule has 0 radical (unpaired) electrons. The summed E-state index contributed by atoms with van der Waals surface area (Å²) in [5.74, 6) is 0. The van der Waals surface area contributed by atoms with Crippen LogP contribution in [0.5, 0.6) is 0 Å². The minimum absolute atomic E-state index is 0.159. The normalized spacial score (nSPS) is 13.3. The molecule has 0 saturated heterocycles. The van der Waals surface area contributed by atoms with Gasteiger partial charge in [0, 0.05) is 5.54 Å². The molecular formula is C10H23NO3. The van der Waals surface area contributed by atoms with Crippen LogP contribution in [0.15, 0.2) is 0 Å². The van der Waals surface area contributed by atoms with Crippen molar-refractivity contribution >= 4 is 0 Å². The molecule has 86 valence electrons. The van der Waals surface area contributed by atoms with Gasteiger partial charge in [-0.25, -0.2) is 0 Å². The highest BCUT2D eigenvalue weighted by Gasteiger charge is 2.34. The van der Waals surface area contributed by atoms with Gasteiger partial charge in [-0.05, 0) is 19.8 Å². The van der Waals surface area contributed by atoms with E-state index in [9.17, 15) is 0 Å². The van der Waals surface area contributed by atoms with Crippen molar-refractivity contribution in [3.63, 3.8) is 0 Å². The van der Waals surface area contributed by atoms with Crippen LogP contribution in [0, 0.1) is 0 Å². The molecule has 0 aliphatic heterocycles. The first-order valence-corrected chi connectivity index (χ1v) is 5.13. The number of hydrogen-bond donors (Lipinski definition) is 4. The van der Waals surface area contributed by atoms with E-state index in [1.165, 1.54) is 0 Å². The van der Waals surface area contributed by atoms with Crippen LogP contribution in [-0.4, -0.2) is 46.2 Å². The van der Waals surface area contributed by atoms with Crippen LogP contribution >= 0.6 is 0 Å². The van der Waals surface area contributed by atoms with E-state index in [4.69, 9.17) is 15.3 Å². The van der Waals surface area contributed by atoms with Crippen molar-refractivity contribution in [1.82, 2.24) is 5.32 Å². The highest BCUT2D eigenvalue weighted by atomic mass is 16.3. The second-order valence-corrected chi connectivity index (χ2v) is 4.15. The number of aliphatic hydroxyl groups is 3. The SMILES string of the molecule is CCC(C)(CC)NC(CO)(CO)CO. The summed E-state index contributed by atoms with van der Waals surface area (Å²) in [6.45, 7) is 5.28. The van der Waals surface area contributed by atoms with Gasteiger partial charge < -0.3 is 20.6 Å². The zero-order chi connectivity index (χ0) is 11.2. The second-order valence-electron chi connectivity index (χ2n) is 4.15. The van der Waals surface area contributed by atoms with Crippen LogP contribution in [0.4, 0.5) is 0 Å². The predicted octanol–water partition coefficient (Wildman–Crippen LogP) is -0.130. The second kappa shape index (κ2) is 5.66. The Hall–Kier alpha value is -0.160. The standard InChI is InChI=1S/C10H23NO3/c1-4-9(3,5-2)11-10(6-12,7-13)8-14/h11-14H,4-8H2,1-3H3. The molecule has 0 aromatic heterocycles. The molecule has 0 aromatic carbocycles. The number of rotatable bonds is 7. The molecule has 4 heteroatoms. The molecule has 0 amide bonds. The van der Waals surface area contributed by atoms with Gasteiger partial charge in [0.15, 0.2) is 0 Å². The maximum atomic E-state index is 9.15. The van der Waals surface area contributed by atoms with Gasteiger partial charge in [0.2, 0.25) is 0 Å². The zero-order valence-corrected chi connectivity index (χ0v) is 9.38. The summed E-state index contributed by atoms with van der Waals surface area (Å²) in [7, 11) is 0. The van der Waals surface area contributed by atoms with Crippen molar-refractivity contribution in [3.8, 4) is 0 Å². The Labute approximate surface area is 86.0 Å². The van der Waals surface area contributed by atoms with Crippen molar-refractivity contribution in [2.24, 2.45) is 0 Å². The summed E-state index contributed by atoms with van der Waals surface area (Å²) in [6.07, 6.45) is 1.76. The van der Waals surface area contributed by atoms with Gasteiger partial charge in [0.25, 0.3) is 0 Å². The molecule has 0 saturated carbocycles. The molecule has 0 aliphatic rings. The summed E-state index contributed by atoms with van der Waals surface area (Å²) < 4.78 is 0. The Kier molecular flexibility index (Phi) is 5.59. The fourth-order valence-electron chi connectivity index (χ4n) is 1.34. The minimum Gasteiger partial charge on any atom is -0.394 e. The fraction of sp³-hybridized carbons (Fsp3) is 1.00. The van der Waals surface area contributed by atoms with Crippen LogP contribution in [0.25, 0.3) is 0 Å². The van der Waals surface area contributed by atoms with E-state index in [2.05, 4.69) is 5.32 Å². The molecule has 0 fully saturated rings. The topological polar surface area (TPSA) is 72.7 Å². The molecule has 0 bridgehead atoms. The smallest absolute Gasteiger partial charge is 0.0885 e. The van der Waals surface area contributed by atoms with E-state index in [1.807, 2.05) is 20.8 Å². The van der Waals surface area contributed by atoms with Crippen LogP contribution in [0.1, 0.15) is 33.6 Å². The van der Waals surface area contributed by atoms with Gasteiger partial charge in [-0.1, -0.05) is 13.8 Å². The summed E-state index contributed by atoms with van der Waals surface area (Å²) in [4.78, 5) is 0. The number of aliphatic hydroxyl groups excluding tert-OH is 3. The van der Waals surface area contributed by atoms with Crippen molar-refractivity contribution in [1.29, 1.82) is 0 Å². The first-order chi connectivity index (χ1) is 6.51. The van der Waals surface area contributed by atoms with Crippen LogP contribution in [0.3, 0.4) is 0 Å².